The number of ether oxygens (including phenoxy) is 1. The van der Waals surface area contributed by atoms with Crippen LogP contribution in [0.15, 0.2) is 24.3 Å². The molecule has 252 valence electrons. The molecule has 5 N–H and O–H groups in total. The van der Waals surface area contributed by atoms with Crippen LogP contribution in [0, 0.1) is 19.3 Å². The van der Waals surface area contributed by atoms with Crippen LogP contribution in [0.4, 0.5) is 0 Å². The molecule has 0 amide bonds. The highest BCUT2D eigenvalue weighted by Gasteiger charge is 2.46. The van der Waals surface area contributed by atoms with Crippen molar-refractivity contribution in [3.63, 3.8) is 0 Å². The minimum absolute atomic E-state index is 0.223. The number of rotatable bonds is 9. The second-order valence-electron chi connectivity index (χ2n) is 16.1. The fourth-order valence-corrected chi connectivity index (χ4v) is 5.53. The van der Waals surface area contributed by atoms with E-state index in [4.69, 9.17) is 14.5 Å². The Bertz CT molecular complexity index is 1130. The van der Waals surface area contributed by atoms with Crippen molar-refractivity contribution in [2.75, 3.05) is 19.8 Å². The summed E-state index contributed by atoms with van der Waals surface area (Å²) in [5, 5.41) is 32.5. The predicted octanol–water partition coefficient (Wildman–Crippen LogP) is 7.58. The molecule has 3 atom stereocenters. The summed E-state index contributed by atoms with van der Waals surface area (Å²) >= 11 is 0. The van der Waals surface area contributed by atoms with E-state index in [0.717, 1.165) is 44.7 Å². The minimum Gasteiger partial charge on any atom is -0.484 e. The van der Waals surface area contributed by atoms with Gasteiger partial charge in [-0.2, -0.15) is 0 Å². The van der Waals surface area contributed by atoms with Gasteiger partial charge in [-0.25, -0.2) is 0 Å². The normalized spacial score (nSPS) is 14.3. The number of hydrogen-bond donors (Lipinski definition) is 5. The van der Waals surface area contributed by atoms with Crippen LogP contribution in [0.1, 0.15) is 128 Å². The highest BCUT2D eigenvalue weighted by Crippen LogP contribution is 2.50. The number of aliphatic hydroxyl groups is 3. The maximum atomic E-state index is 10.8. The van der Waals surface area contributed by atoms with Crippen LogP contribution in [0.5, 0.6) is 5.75 Å². The number of aryl methyl sites for hydroxylation is 2. The van der Waals surface area contributed by atoms with Crippen molar-refractivity contribution >= 4 is 18.1 Å². The highest BCUT2D eigenvalue weighted by molar-refractivity contribution is 7.39. The van der Waals surface area contributed by atoms with E-state index < -0.39 is 49.4 Å². The zero-order valence-corrected chi connectivity index (χ0v) is 31.6. The number of hydrogen-bond acceptors (Lipinski definition) is 7. The summed E-state index contributed by atoms with van der Waals surface area (Å²) in [7, 11) is -1.16. The molecule has 0 aromatic heterocycles. The average Bonchev–Trinajstić information content (AvgIpc) is 2.88. The van der Waals surface area contributed by atoms with Gasteiger partial charge >= 0.3 is 0 Å². The number of aliphatic hydroxyl groups excluding tert-OH is 3. The summed E-state index contributed by atoms with van der Waals surface area (Å²) < 4.78 is 11.2. The molecule has 0 spiro atoms. The third-order valence-corrected chi connectivity index (χ3v) is 8.61. The van der Waals surface area contributed by atoms with Crippen molar-refractivity contribution in [2.45, 2.75) is 125 Å². The highest BCUT2D eigenvalue weighted by atomic mass is 31.2. The molecule has 9 heteroatoms. The second kappa shape index (κ2) is 15.6. The van der Waals surface area contributed by atoms with Gasteiger partial charge in [0.2, 0.25) is 0 Å². The molecule has 0 saturated heterocycles. The van der Waals surface area contributed by atoms with E-state index in [1.807, 2.05) is 0 Å². The van der Waals surface area contributed by atoms with Crippen LogP contribution >= 0.6 is 18.1 Å². The van der Waals surface area contributed by atoms with Crippen LogP contribution in [0.3, 0.4) is 0 Å². The Labute approximate surface area is 270 Å². The molecule has 0 aliphatic rings. The summed E-state index contributed by atoms with van der Waals surface area (Å²) in [6.07, 6.45) is -0.800. The van der Waals surface area contributed by atoms with E-state index in [1.54, 1.807) is 0 Å². The van der Waals surface area contributed by atoms with Gasteiger partial charge in [0, 0.05) is 16.7 Å². The smallest absolute Gasteiger partial charge is 0.158 e. The molecule has 0 heterocycles. The molecular weight excluding hydrogens is 594 g/mol. The fraction of sp³-hybridized carbons (Fsp3) is 0.657. The summed E-state index contributed by atoms with van der Waals surface area (Å²) in [5.74, 6) is 0.769. The Balaban J connectivity index is 0.00000178. The van der Waals surface area contributed by atoms with Crippen molar-refractivity contribution in [3.8, 4) is 5.75 Å². The molecule has 2 aromatic rings. The van der Waals surface area contributed by atoms with Crippen LogP contribution in [0.2, 0.25) is 0 Å². The Morgan fingerprint density at radius 2 is 0.864 bits per heavy atom. The van der Waals surface area contributed by atoms with E-state index in [1.165, 1.54) is 0 Å². The summed E-state index contributed by atoms with van der Waals surface area (Å²) in [6.45, 7) is 29.1. The summed E-state index contributed by atoms with van der Waals surface area (Å²) in [6, 6.07) is 8.76. The molecule has 0 fully saturated rings. The average molecular weight is 655 g/mol. The molecule has 2 aromatic carbocycles. The van der Waals surface area contributed by atoms with Crippen LogP contribution in [-0.2, 0) is 26.0 Å². The first kappa shape index (κ1) is 40.9. The van der Waals surface area contributed by atoms with Crippen molar-refractivity contribution in [2.24, 2.45) is 5.41 Å². The van der Waals surface area contributed by atoms with Crippen molar-refractivity contribution in [1.29, 1.82) is 0 Å². The Morgan fingerprint density at radius 1 is 0.568 bits per heavy atom. The van der Waals surface area contributed by atoms with E-state index in [-0.39, 0.29) is 21.7 Å². The molecule has 0 radical (unpaired) electrons. The zero-order valence-electron chi connectivity index (χ0n) is 29.6. The van der Waals surface area contributed by atoms with Gasteiger partial charge in [0.05, 0.1) is 25.2 Å². The predicted molar refractivity (Wildman–Crippen MR) is 186 cm³/mol. The van der Waals surface area contributed by atoms with Crippen LogP contribution in [-0.4, -0.2) is 44.9 Å². The first-order chi connectivity index (χ1) is 19.9. The SMILES string of the molecule is Cc1cc(C(C)(C)C)c(OC(c2c(C(C)(C)C)cc(C)cc2C(C)(C)C)C(CO)(CO)CO)c(C(C)(C)C)c1.OPOPO. The molecule has 7 nitrogen and oxygen atoms in total. The molecular formula is C35H60O7P2. The van der Waals surface area contributed by atoms with Crippen LogP contribution in [0.25, 0.3) is 0 Å². The van der Waals surface area contributed by atoms with Crippen molar-refractivity contribution < 1.29 is 34.2 Å². The van der Waals surface area contributed by atoms with Gasteiger partial charge in [-0.3, -0.25) is 4.31 Å². The first-order valence-corrected chi connectivity index (χ1v) is 16.9. The molecule has 44 heavy (non-hydrogen) atoms. The van der Waals surface area contributed by atoms with Gasteiger partial charge in [-0.1, -0.05) is 118 Å². The lowest BCUT2D eigenvalue weighted by Gasteiger charge is -2.43. The minimum atomic E-state index is -1.32. The van der Waals surface area contributed by atoms with Crippen molar-refractivity contribution in [3.05, 3.63) is 63.2 Å². The van der Waals surface area contributed by atoms with E-state index in [2.05, 4.69) is 126 Å². The molecule has 0 aliphatic carbocycles. The summed E-state index contributed by atoms with van der Waals surface area (Å²) in [5.41, 5.74) is 5.33. The Hall–Kier alpha value is -1.14. The van der Waals surface area contributed by atoms with Gasteiger partial charge in [-0.15, -0.1) is 0 Å². The third kappa shape index (κ3) is 10.2. The van der Waals surface area contributed by atoms with Crippen LogP contribution < -0.4 is 4.74 Å². The van der Waals surface area contributed by atoms with Gasteiger partial charge in [-0.05, 0) is 46.6 Å². The maximum absolute atomic E-state index is 10.8. The maximum Gasteiger partial charge on any atom is 0.158 e. The number of benzene rings is 2. The lowest BCUT2D eigenvalue weighted by atomic mass is 9.69. The standard InChI is InChI=1S/C35H56O4.H4O3P2/c1-22-15-24(31(3,4)5)28(25(16-22)32(6,7)8)30(35(19-36,20-37)21-38)39-29-26(33(9,10)11)17-23(2)18-27(29)34(12,13)14;1-4-3-5-2/h15-18,30,36-38H,19-21H2,1-14H3;1-2,4-5H. The summed E-state index contributed by atoms with van der Waals surface area (Å²) in [4.78, 5) is 15.4. The monoisotopic (exact) mass is 654 g/mol. The van der Waals surface area contributed by atoms with Gasteiger partial charge in [0.25, 0.3) is 0 Å². The van der Waals surface area contributed by atoms with E-state index >= 15 is 0 Å². The second-order valence-corrected chi connectivity index (χ2v) is 17.3. The molecule has 0 aliphatic heterocycles. The molecule has 0 saturated carbocycles. The quantitative estimate of drug-likeness (QED) is 0.177. The Morgan fingerprint density at radius 3 is 1.09 bits per heavy atom. The lowest BCUT2D eigenvalue weighted by molar-refractivity contribution is -0.0761. The van der Waals surface area contributed by atoms with Crippen molar-refractivity contribution in [1.82, 2.24) is 0 Å². The van der Waals surface area contributed by atoms with E-state index in [9.17, 15) is 15.3 Å². The fourth-order valence-electron chi connectivity index (χ4n) is 5.36. The molecule has 3 unspecified atom stereocenters. The molecule has 0 bridgehead atoms. The van der Waals surface area contributed by atoms with Gasteiger partial charge in [0.15, 0.2) is 18.1 Å². The first-order valence-electron chi connectivity index (χ1n) is 15.2. The van der Waals surface area contributed by atoms with E-state index in [0.29, 0.717) is 0 Å². The Kier molecular flexibility index (Phi) is 14.5. The third-order valence-electron chi connectivity index (χ3n) is 7.88. The topological polar surface area (TPSA) is 120 Å². The lowest BCUT2D eigenvalue weighted by Crippen LogP contribution is -2.45. The molecule has 2 rings (SSSR count). The largest absolute Gasteiger partial charge is 0.484 e. The van der Waals surface area contributed by atoms with Gasteiger partial charge in [0.1, 0.15) is 11.9 Å². The zero-order chi connectivity index (χ0) is 34.5. The van der Waals surface area contributed by atoms with Gasteiger partial charge < -0.3 is 29.8 Å².